The van der Waals surface area contributed by atoms with Gasteiger partial charge >= 0.3 is 6.09 Å². The summed E-state index contributed by atoms with van der Waals surface area (Å²) in [7, 11) is -1.77. The van der Waals surface area contributed by atoms with Gasteiger partial charge < -0.3 is 19.7 Å². The van der Waals surface area contributed by atoms with Crippen LogP contribution in [0.15, 0.2) is 53.5 Å². The fourth-order valence-corrected chi connectivity index (χ4v) is 8.45. The van der Waals surface area contributed by atoms with E-state index in [1.807, 2.05) is 30.3 Å². The number of ether oxygens (including phenoxy) is 2. The van der Waals surface area contributed by atoms with Crippen molar-refractivity contribution in [3.05, 3.63) is 59.1 Å². The fraction of sp³-hybridized carbons (Fsp3) is 0.423. The summed E-state index contributed by atoms with van der Waals surface area (Å²) in [4.78, 5) is 32.3. The minimum atomic E-state index is -3.27. The molecule has 1 N–H and O–H groups in total. The van der Waals surface area contributed by atoms with Crippen LogP contribution in [0.3, 0.4) is 0 Å². The lowest BCUT2D eigenvalue weighted by atomic mass is 10.1. The first-order valence-electron chi connectivity index (χ1n) is 12.0. The summed E-state index contributed by atoms with van der Waals surface area (Å²) in [6.07, 6.45) is -0.537. The van der Waals surface area contributed by atoms with E-state index in [1.165, 1.54) is 18.9 Å². The van der Waals surface area contributed by atoms with E-state index >= 15 is 0 Å². The second-order valence-corrected chi connectivity index (χ2v) is 13.9. The number of aliphatic imine (C=N–C) groups is 1. The zero-order valence-corrected chi connectivity index (χ0v) is 23.9. The number of halogens is 1. The van der Waals surface area contributed by atoms with Crippen molar-refractivity contribution in [1.82, 2.24) is 5.32 Å². The van der Waals surface area contributed by atoms with E-state index in [2.05, 4.69) is 10.3 Å². The van der Waals surface area contributed by atoms with E-state index in [4.69, 9.17) is 21.1 Å². The Bertz CT molecular complexity index is 1340. The topological polar surface area (TPSA) is 114 Å². The molecule has 0 spiro atoms. The Morgan fingerprint density at radius 3 is 2.55 bits per heavy atom. The molecule has 4 rings (SSSR count). The van der Waals surface area contributed by atoms with Gasteiger partial charge in [0.2, 0.25) is 0 Å². The summed E-state index contributed by atoms with van der Waals surface area (Å²) in [5.74, 6) is -0.237. The zero-order chi connectivity index (χ0) is 27.7. The third kappa shape index (κ3) is 6.81. The minimum Gasteiger partial charge on any atom is -0.495 e. The number of hydrogen-bond acceptors (Lipinski definition) is 7. The highest BCUT2D eigenvalue weighted by atomic mass is 35.5. The van der Waals surface area contributed by atoms with Gasteiger partial charge in [0.15, 0.2) is 15.0 Å². The quantitative estimate of drug-likeness (QED) is 0.544. The highest BCUT2D eigenvalue weighted by Gasteiger charge is 2.50. The van der Waals surface area contributed by atoms with Crippen LogP contribution >= 0.6 is 23.4 Å². The van der Waals surface area contributed by atoms with Gasteiger partial charge in [0, 0.05) is 16.7 Å². The number of nitrogens with one attached hydrogen (secondary N) is 1. The number of hydrogen-bond donors (Lipinski definition) is 1. The molecule has 2 fully saturated rings. The van der Waals surface area contributed by atoms with Crippen molar-refractivity contribution < 1.29 is 27.5 Å². The summed E-state index contributed by atoms with van der Waals surface area (Å²) in [6.45, 7) is 5.21. The van der Waals surface area contributed by atoms with Crippen molar-refractivity contribution in [2.75, 3.05) is 23.5 Å². The van der Waals surface area contributed by atoms with Crippen LogP contribution in [0, 0.1) is 0 Å². The van der Waals surface area contributed by atoms with Crippen LogP contribution in [0.4, 0.5) is 10.5 Å². The van der Waals surface area contributed by atoms with Crippen LogP contribution in [0.2, 0.25) is 5.02 Å². The molecule has 0 unspecified atom stereocenters. The van der Waals surface area contributed by atoms with Crippen molar-refractivity contribution in [2.24, 2.45) is 4.99 Å². The first-order valence-corrected chi connectivity index (χ1v) is 15.1. The number of nitrogens with zero attached hydrogens (tertiary/aromatic N) is 2. The number of sulfone groups is 1. The molecule has 12 heteroatoms. The molecular weight excluding hydrogens is 550 g/mol. The Balaban J connectivity index is 1.70. The summed E-state index contributed by atoms with van der Waals surface area (Å²) >= 11 is 7.51. The Morgan fingerprint density at radius 1 is 1.18 bits per heavy atom. The predicted molar refractivity (Wildman–Crippen MR) is 150 cm³/mol. The average Bonchev–Trinajstić information content (AvgIpc) is 3.28. The standard InChI is InChI=1S/C26H30ClN3O6S2/c1-26(2,3)36-25(32)28-18(12-16-8-6-5-7-9-16)23(31)29-24-30(19-13-17(27)10-11-21(19)35-4)20-14-38(33,34)15-22(20)37-24/h5-11,13,18,20,22H,12,14-15H2,1-4H3,(H,28,32)/t18-,20-,22-/m0/s1. The molecule has 2 aromatic carbocycles. The van der Waals surface area contributed by atoms with Crippen LogP contribution in [0.25, 0.3) is 0 Å². The second-order valence-electron chi connectivity index (χ2n) is 10.1. The van der Waals surface area contributed by atoms with Crippen LogP contribution in [-0.2, 0) is 25.8 Å². The van der Waals surface area contributed by atoms with E-state index in [0.717, 1.165) is 5.56 Å². The molecule has 2 heterocycles. The number of thioether (sulfide) groups is 1. The van der Waals surface area contributed by atoms with E-state index in [-0.39, 0.29) is 23.2 Å². The largest absolute Gasteiger partial charge is 0.495 e. The third-order valence-electron chi connectivity index (χ3n) is 5.94. The number of methoxy groups -OCH3 is 1. The number of carbonyl (C=O) groups excluding carboxylic acids is 2. The predicted octanol–water partition coefficient (Wildman–Crippen LogP) is 4.09. The number of amides is 2. The van der Waals surface area contributed by atoms with Crippen molar-refractivity contribution in [3.8, 4) is 5.75 Å². The number of fused-ring (bicyclic) bond motifs is 1. The SMILES string of the molecule is COc1ccc(Cl)cc1N1C(=NC(=O)[C@H](Cc2ccccc2)NC(=O)OC(C)(C)C)S[C@H]2CS(=O)(=O)C[C@@H]21. The first kappa shape index (κ1) is 28.3. The van der Waals surface area contributed by atoms with Gasteiger partial charge in [-0.2, -0.15) is 4.99 Å². The molecule has 0 bridgehead atoms. The Hall–Kier alpha value is -2.76. The molecule has 38 heavy (non-hydrogen) atoms. The molecule has 2 saturated heterocycles. The van der Waals surface area contributed by atoms with E-state index < -0.39 is 39.5 Å². The third-order valence-corrected chi connectivity index (χ3v) is 9.39. The maximum atomic E-state index is 13.6. The highest BCUT2D eigenvalue weighted by molar-refractivity contribution is 8.16. The van der Waals surface area contributed by atoms with Crippen molar-refractivity contribution in [1.29, 1.82) is 0 Å². The summed E-state index contributed by atoms with van der Waals surface area (Å²) in [6, 6.07) is 12.8. The molecule has 0 aliphatic carbocycles. The van der Waals surface area contributed by atoms with Crippen molar-refractivity contribution >= 4 is 56.1 Å². The molecule has 3 atom stereocenters. The lowest BCUT2D eigenvalue weighted by molar-refractivity contribution is -0.119. The normalized spacial score (nSPS) is 22.1. The Morgan fingerprint density at radius 2 is 1.89 bits per heavy atom. The fourth-order valence-electron chi connectivity index (χ4n) is 4.37. The van der Waals surface area contributed by atoms with Gasteiger partial charge in [0.05, 0.1) is 30.3 Å². The van der Waals surface area contributed by atoms with Crippen LogP contribution < -0.4 is 15.0 Å². The van der Waals surface area contributed by atoms with E-state index in [9.17, 15) is 18.0 Å². The van der Waals surface area contributed by atoms with Gasteiger partial charge in [-0.05, 0) is 44.5 Å². The Kier molecular flexibility index (Phi) is 8.29. The molecule has 0 aromatic heterocycles. The number of rotatable bonds is 6. The van der Waals surface area contributed by atoms with Crippen molar-refractivity contribution in [2.45, 2.75) is 50.1 Å². The maximum Gasteiger partial charge on any atom is 0.408 e. The lowest BCUT2D eigenvalue weighted by Gasteiger charge is -2.27. The zero-order valence-electron chi connectivity index (χ0n) is 21.5. The molecule has 204 valence electrons. The lowest BCUT2D eigenvalue weighted by Crippen LogP contribution is -2.45. The van der Waals surface area contributed by atoms with E-state index in [1.54, 1.807) is 43.9 Å². The Labute approximate surface area is 231 Å². The van der Waals surface area contributed by atoms with Gasteiger partial charge in [-0.15, -0.1) is 0 Å². The number of alkyl carbamates (subject to hydrolysis) is 1. The summed E-state index contributed by atoms with van der Waals surface area (Å²) < 4.78 is 35.8. The number of anilines is 1. The molecule has 0 saturated carbocycles. The molecule has 9 nitrogen and oxygen atoms in total. The number of carbonyl (C=O) groups is 2. The minimum absolute atomic E-state index is 0.0292. The summed E-state index contributed by atoms with van der Waals surface area (Å²) in [5.41, 5.74) is 0.599. The number of amidine groups is 1. The van der Waals surface area contributed by atoms with Crippen molar-refractivity contribution in [3.63, 3.8) is 0 Å². The van der Waals surface area contributed by atoms with Crippen LogP contribution in [-0.4, -0.2) is 67.1 Å². The molecule has 2 aromatic rings. The molecule has 2 aliphatic heterocycles. The number of benzene rings is 2. The van der Waals surface area contributed by atoms with Gasteiger partial charge in [0.1, 0.15) is 17.4 Å². The van der Waals surface area contributed by atoms with Gasteiger partial charge in [-0.3, -0.25) is 4.79 Å². The van der Waals surface area contributed by atoms with Crippen LogP contribution in [0.1, 0.15) is 26.3 Å². The van der Waals surface area contributed by atoms with Gasteiger partial charge in [-0.1, -0.05) is 53.7 Å². The van der Waals surface area contributed by atoms with Crippen LogP contribution in [0.5, 0.6) is 5.75 Å². The molecule has 0 radical (unpaired) electrons. The summed E-state index contributed by atoms with van der Waals surface area (Å²) in [5, 5.41) is 3.09. The first-order chi connectivity index (χ1) is 17.8. The smallest absolute Gasteiger partial charge is 0.408 e. The maximum absolute atomic E-state index is 13.6. The molecule has 2 aliphatic rings. The van der Waals surface area contributed by atoms with Gasteiger partial charge in [-0.25, -0.2) is 13.2 Å². The highest BCUT2D eigenvalue weighted by Crippen LogP contribution is 2.44. The van der Waals surface area contributed by atoms with E-state index in [0.29, 0.717) is 21.6 Å². The average molecular weight is 580 g/mol. The molecular formula is C26H30ClN3O6S2. The molecule has 2 amide bonds. The van der Waals surface area contributed by atoms with Gasteiger partial charge in [0.25, 0.3) is 5.91 Å². The monoisotopic (exact) mass is 579 g/mol. The second kappa shape index (κ2) is 11.2.